The molecule has 29 heavy (non-hydrogen) atoms. The summed E-state index contributed by atoms with van der Waals surface area (Å²) >= 11 is 6.42. The first-order valence-electron chi connectivity index (χ1n) is 10.4. The topological polar surface area (TPSA) is 0 Å². The lowest BCUT2D eigenvalue weighted by Crippen LogP contribution is -2.16. The van der Waals surface area contributed by atoms with Gasteiger partial charge in [0.15, 0.2) is 11.6 Å². The van der Waals surface area contributed by atoms with Crippen LogP contribution in [0.15, 0.2) is 66.7 Å². The molecule has 0 aromatic heterocycles. The first kappa shape index (κ1) is 20.3. The number of hydrogen-bond donors (Lipinski definition) is 0. The van der Waals surface area contributed by atoms with Crippen molar-refractivity contribution in [2.45, 2.75) is 43.7 Å². The van der Waals surface area contributed by atoms with E-state index in [2.05, 4.69) is 36.4 Å². The van der Waals surface area contributed by atoms with Crippen LogP contribution in [-0.2, 0) is 12.8 Å². The highest BCUT2D eigenvalue weighted by atomic mass is 35.6. The van der Waals surface area contributed by atoms with Crippen LogP contribution in [0.2, 0.25) is 12.1 Å². The van der Waals surface area contributed by atoms with E-state index in [1.807, 2.05) is 12.1 Å². The number of benzene rings is 3. The van der Waals surface area contributed by atoms with Crippen LogP contribution in [-0.4, -0.2) is 8.11 Å². The normalized spacial score (nSPS) is 19.3. The summed E-state index contributed by atoms with van der Waals surface area (Å²) in [7, 11) is -0.947. The van der Waals surface area contributed by atoms with Crippen LogP contribution in [0.3, 0.4) is 0 Å². The lowest BCUT2D eigenvalue weighted by atomic mass is 9.87. The van der Waals surface area contributed by atoms with Gasteiger partial charge in [0, 0.05) is 0 Å². The molecule has 0 radical (unpaired) electrons. The van der Waals surface area contributed by atoms with Crippen LogP contribution in [0, 0.1) is 11.6 Å². The van der Waals surface area contributed by atoms with Crippen molar-refractivity contribution in [3.8, 4) is 11.1 Å². The van der Waals surface area contributed by atoms with Crippen molar-refractivity contribution in [2.75, 3.05) is 0 Å². The molecule has 0 spiro atoms. The van der Waals surface area contributed by atoms with Gasteiger partial charge in [0.05, 0.1) is 0 Å². The van der Waals surface area contributed by atoms with E-state index in [0.29, 0.717) is 11.5 Å². The molecule has 1 saturated heterocycles. The highest BCUT2D eigenvalue weighted by molar-refractivity contribution is 7.07. The third kappa shape index (κ3) is 4.96. The van der Waals surface area contributed by atoms with Gasteiger partial charge >= 0.3 is 0 Å². The van der Waals surface area contributed by atoms with Crippen LogP contribution in [0.4, 0.5) is 8.78 Å². The van der Waals surface area contributed by atoms with Crippen LogP contribution in [0.5, 0.6) is 0 Å². The van der Waals surface area contributed by atoms with Crippen molar-refractivity contribution >= 4 is 19.2 Å². The number of hydrogen-bond acceptors (Lipinski definition) is 0. The Morgan fingerprint density at radius 2 is 1.48 bits per heavy atom. The van der Waals surface area contributed by atoms with E-state index >= 15 is 0 Å². The maximum Gasteiger partial charge on any atom is 0.159 e. The summed E-state index contributed by atoms with van der Waals surface area (Å²) < 4.78 is 26.6. The molecule has 1 fully saturated rings. The fourth-order valence-corrected chi connectivity index (χ4v) is 6.92. The standard InChI is InChI=1S/C25H25ClF2Si/c26-29-15-13-21(14-16-29)23-4-2-1-3-20(23)10-7-18-5-8-19(9-6-18)22-11-12-24(27)25(28)17-22/h1-6,8-9,11-12,17,21,29H,7,10,13-16H2. The predicted octanol–water partition coefficient (Wildman–Crippen LogP) is 7.26. The highest BCUT2D eigenvalue weighted by Crippen LogP contribution is 2.36. The lowest BCUT2D eigenvalue weighted by molar-refractivity contribution is 0.509. The summed E-state index contributed by atoms with van der Waals surface area (Å²) in [5.41, 5.74) is 5.79. The van der Waals surface area contributed by atoms with Crippen LogP contribution in [0.1, 0.15) is 35.4 Å². The largest absolute Gasteiger partial charge is 0.204 e. The minimum absolute atomic E-state index is 0.657. The molecular formula is C25H25ClF2Si. The smallest absolute Gasteiger partial charge is 0.159 e. The van der Waals surface area contributed by atoms with Gasteiger partial charge in [-0.1, -0.05) is 54.6 Å². The van der Waals surface area contributed by atoms with Gasteiger partial charge in [0.1, 0.15) is 8.11 Å². The fourth-order valence-electron chi connectivity index (χ4n) is 4.34. The number of halogens is 3. The van der Waals surface area contributed by atoms with Crippen molar-refractivity contribution in [2.24, 2.45) is 0 Å². The molecule has 0 atom stereocenters. The molecule has 1 aliphatic rings. The summed E-state index contributed by atoms with van der Waals surface area (Å²) in [6.07, 6.45) is 4.45. The second-order valence-electron chi connectivity index (χ2n) is 7.97. The zero-order valence-electron chi connectivity index (χ0n) is 16.4. The Bertz CT molecular complexity index is 963. The summed E-state index contributed by atoms with van der Waals surface area (Å²) in [6.45, 7) is 0. The van der Waals surface area contributed by atoms with Gasteiger partial charge in [-0.3, -0.25) is 0 Å². The summed E-state index contributed by atoms with van der Waals surface area (Å²) in [5.74, 6) is -0.968. The molecule has 0 unspecified atom stereocenters. The Morgan fingerprint density at radius 1 is 0.793 bits per heavy atom. The predicted molar refractivity (Wildman–Crippen MR) is 120 cm³/mol. The van der Waals surface area contributed by atoms with E-state index in [1.54, 1.807) is 6.07 Å². The van der Waals surface area contributed by atoms with E-state index in [9.17, 15) is 8.78 Å². The van der Waals surface area contributed by atoms with E-state index in [-0.39, 0.29) is 0 Å². The molecule has 1 aliphatic heterocycles. The molecular weight excluding hydrogens is 402 g/mol. The van der Waals surface area contributed by atoms with Crippen LogP contribution < -0.4 is 0 Å². The monoisotopic (exact) mass is 426 g/mol. The molecule has 150 valence electrons. The first-order valence-corrected chi connectivity index (χ1v) is 13.7. The average Bonchev–Trinajstić information content (AvgIpc) is 2.75. The second-order valence-corrected chi connectivity index (χ2v) is 12.2. The van der Waals surface area contributed by atoms with Gasteiger partial charge in [0.25, 0.3) is 0 Å². The van der Waals surface area contributed by atoms with E-state index < -0.39 is 19.7 Å². The maximum atomic E-state index is 13.5. The zero-order chi connectivity index (χ0) is 20.2. The van der Waals surface area contributed by atoms with Gasteiger partial charge in [-0.2, -0.15) is 11.1 Å². The molecule has 4 heteroatoms. The van der Waals surface area contributed by atoms with Crippen molar-refractivity contribution < 1.29 is 8.78 Å². The third-order valence-electron chi connectivity index (χ3n) is 6.04. The van der Waals surface area contributed by atoms with Gasteiger partial charge in [-0.05, 0) is 83.6 Å². The molecule has 0 N–H and O–H groups in total. The molecule has 0 bridgehead atoms. The van der Waals surface area contributed by atoms with Gasteiger partial charge in [-0.15, -0.1) is 0 Å². The summed E-state index contributed by atoms with van der Waals surface area (Å²) in [4.78, 5) is 0. The molecule has 0 saturated carbocycles. The van der Waals surface area contributed by atoms with Crippen LogP contribution in [0.25, 0.3) is 11.1 Å². The van der Waals surface area contributed by atoms with Crippen molar-refractivity contribution in [3.63, 3.8) is 0 Å². The van der Waals surface area contributed by atoms with Gasteiger partial charge < -0.3 is 0 Å². The SMILES string of the molecule is Fc1ccc(-c2ccc(CCc3ccccc3C3CC[SiH](Cl)CC3)cc2)cc1F. The quantitative estimate of drug-likeness (QED) is 0.297. The highest BCUT2D eigenvalue weighted by Gasteiger charge is 2.23. The lowest BCUT2D eigenvalue weighted by Gasteiger charge is -2.26. The maximum absolute atomic E-state index is 13.5. The van der Waals surface area contributed by atoms with Crippen LogP contribution >= 0.6 is 11.1 Å². The van der Waals surface area contributed by atoms with E-state index in [0.717, 1.165) is 18.4 Å². The molecule has 3 aromatic carbocycles. The number of aryl methyl sites for hydroxylation is 2. The summed E-state index contributed by atoms with van der Waals surface area (Å²) in [6, 6.07) is 23.5. The van der Waals surface area contributed by atoms with Crippen molar-refractivity contribution in [3.05, 3.63) is 95.1 Å². The summed E-state index contributed by atoms with van der Waals surface area (Å²) in [5, 5.41) is 0. The third-order valence-corrected chi connectivity index (χ3v) is 9.27. The molecule has 0 nitrogen and oxygen atoms in total. The Labute approximate surface area is 177 Å². The fraction of sp³-hybridized carbons (Fsp3) is 0.280. The average molecular weight is 427 g/mol. The molecule has 0 aliphatic carbocycles. The molecule has 4 rings (SSSR count). The molecule has 3 aromatic rings. The Kier molecular flexibility index (Phi) is 6.46. The van der Waals surface area contributed by atoms with Gasteiger partial charge in [0.2, 0.25) is 0 Å². The van der Waals surface area contributed by atoms with Gasteiger partial charge in [-0.25, -0.2) is 8.78 Å². The van der Waals surface area contributed by atoms with E-state index in [4.69, 9.17) is 11.1 Å². The van der Waals surface area contributed by atoms with Crippen molar-refractivity contribution in [1.29, 1.82) is 0 Å². The van der Waals surface area contributed by atoms with E-state index in [1.165, 1.54) is 53.8 Å². The Morgan fingerprint density at radius 3 is 2.21 bits per heavy atom. The second kappa shape index (κ2) is 9.23. The molecule has 1 heterocycles. The first-order chi connectivity index (χ1) is 14.1. The zero-order valence-corrected chi connectivity index (χ0v) is 18.3. The number of rotatable bonds is 5. The Balaban J connectivity index is 1.44. The molecule has 0 amide bonds. The van der Waals surface area contributed by atoms with Crippen molar-refractivity contribution in [1.82, 2.24) is 0 Å². The Hall–Kier alpha value is -1.97. The minimum atomic E-state index is -0.947. The minimum Gasteiger partial charge on any atom is -0.204 e.